The molecule has 31 heavy (non-hydrogen) atoms. The van der Waals surface area contributed by atoms with Crippen LogP contribution in [0.25, 0.3) is 0 Å². The molecule has 3 aromatic rings. The summed E-state index contributed by atoms with van der Waals surface area (Å²) in [5.41, 5.74) is 3.25. The Morgan fingerprint density at radius 2 is 1.87 bits per heavy atom. The Bertz CT molecular complexity index is 1180. The molecule has 0 bridgehead atoms. The molecule has 0 aromatic heterocycles. The molecule has 3 aromatic carbocycles. The Morgan fingerprint density at radius 1 is 1.03 bits per heavy atom. The number of phenols is 1. The van der Waals surface area contributed by atoms with Gasteiger partial charge < -0.3 is 19.3 Å². The molecule has 2 atom stereocenters. The maximum Gasteiger partial charge on any atom is 0.217 e. The van der Waals surface area contributed by atoms with E-state index >= 15 is 0 Å². The summed E-state index contributed by atoms with van der Waals surface area (Å²) in [6.45, 7) is 0. The van der Waals surface area contributed by atoms with Gasteiger partial charge in [-0.25, -0.2) is 5.01 Å². The number of ether oxygens (including phenoxy) is 3. The van der Waals surface area contributed by atoms with Crippen molar-refractivity contribution in [3.63, 3.8) is 0 Å². The Labute approximate surface area is 185 Å². The smallest absolute Gasteiger partial charge is 0.217 e. The lowest BCUT2D eigenvalue weighted by molar-refractivity contribution is -0.0205. The van der Waals surface area contributed by atoms with Crippen molar-refractivity contribution in [2.75, 3.05) is 14.2 Å². The molecule has 158 valence electrons. The molecule has 0 radical (unpaired) electrons. The van der Waals surface area contributed by atoms with Crippen LogP contribution in [0.3, 0.4) is 0 Å². The number of phenolic OH excluding ortho intramolecular Hbond substituents is 1. The lowest BCUT2D eigenvalue weighted by Gasteiger charge is -2.38. The van der Waals surface area contributed by atoms with Gasteiger partial charge in [0.2, 0.25) is 6.23 Å². The molecule has 0 saturated carbocycles. The van der Waals surface area contributed by atoms with Gasteiger partial charge in [-0.05, 0) is 42.5 Å². The van der Waals surface area contributed by atoms with E-state index in [1.165, 1.54) is 0 Å². The second kappa shape index (κ2) is 7.71. The van der Waals surface area contributed by atoms with Crippen LogP contribution < -0.4 is 14.2 Å². The van der Waals surface area contributed by atoms with Crippen LogP contribution in [0.4, 0.5) is 0 Å². The number of hydrogen-bond donors (Lipinski definition) is 1. The molecule has 0 unspecified atom stereocenters. The summed E-state index contributed by atoms with van der Waals surface area (Å²) in [7, 11) is 3.21. The second-order valence-electron chi connectivity index (χ2n) is 7.40. The lowest BCUT2D eigenvalue weighted by Crippen LogP contribution is -2.34. The summed E-state index contributed by atoms with van der Waals surface area (Å²) < 4.78 is 17.6. The Hall–Kier alpha value is -3.38. The number of hydrogen-bond acceptors (Lipinski definition) is 6. The van der Waals surface area contributed by atoms with Gasteiger partial charge in [-0.1, -0.05) is 29.8 Å². The second-order valence-corrected chi connectivity index (χ2v) is 7.84. The van der Waals surface area contributed by atoms with Crippen LogP contribution in [-0.2, 0) is 0 Å². The summed E-state index contributed by atoms with van der Waals surface area (Å²) in [6, 6.07) is 18.4. The van der Waals surface area contributed by atoms with E-state index in [0.29, 0.717) is 28.5 Å². The minimum atomic E-state index is -0.535. The first-order valence-corrected chi connectivity index (χ1v) is 10.3. The highest BCUT2D eigenvalue weighted by atomic mass is 35.5. The van der Waals surface area contributed by atoms with E-state index in [1.54, 1.807) is 26.4 Å². The summed E-state index contributed by atoms with van der Waals surface area (Å²) in [6.07, 6.45) is 0.0731. The van der Waals surface area contributed by atoms with Gasteiger partial charge in [-0.2, -0.15) is 5.10 Å². The van der Waals surface area contributed by atoms with Crippen molar-refractivity contribution in [1.82, 2.24) is 5.01 Å². The van der Waals surface area contributed by atoms with Gasteiger partial charge in [-0.3, -0.25) is 0 Å². The molecule has 0 amide bonds. The summed E-state index contributed by atoms with van der Waals surface area (Å²) in [5.74, 6) is 2.15. The molecule has 0 saturated heterocycles. The largest absolute Gasteiger partial charge is 0.507 e. The highest BCUT2D eigenvalue weighted by Crippen LogP contribution is 2.50. The number of para-hydroxylation sites is 2. The van der Waals surface area contributed by atoms with Crippen LogP contribution in [0.1, 0.15) is 35.4 Å². The number of rotatable bonds is 4. The van der Waals surface area contributed by atoms with Gasteiger partial charge in [0.1, 0.15) is 11.5 Å². The fourth-order valence-corrected chi connectivity index (χ4v) is 4.43. The van der Waals surface area contributed by atoms with Crippen molar-refractivity contribution in [1.29, 1.82) is 0 Å². The highest BCUT2D eigenvalue weighted by Gasteiger charge is 2.42. The lowest BCUT2D eigenvalue weighted by atomic mass is 9.95. The van der Waals surface area contributed by atoms with Crippen LogP contribution in [0.2, 0.25) is 5.02 Å². The predicted molar refractivity (Wildman–Crippen MR) is 118 cm³/mol. The zero-order chi connectivity index (χ0) is 21.5. The van der Waals surface area contributed by atoms with Crippen LogP contribution >= 0.6 is 11.6 Å². The van der Waals surface area contributed by atoms with Crippen LogP contribution in [0, 0.1) is 0 Å². The number of aromatic hydroxyl groups is 1. The number of fused-ring (bicyclic) bond motifs is 3. The first-order chi connectivity index (χ1) is 15.1. The SMILES string of the molecule is COc1cccc([C@H]2Oc3ccc(Cl)cc3[C@@H]3CC(c4ccccc4O)=NN23)c1OC. The third-order valence-corrected chi connectivity index (χ3v) is 5.90. The molecule has 1 N–H and O–H groups in total. The van der Waals surface area contributed by atoms with Crippen molar-refractivity contribution in [2.24, 2.45) is 5.10 Å². The van der Waals surface area contributed by atoms with Gasteiger partial charge in [0, 0.05) is 22.6 Å². The molecular formula is C24H21ClN2O4. The molecule has 2 heterocycles. The number of hydrazone groups is 1. The normalized spacial score (nSPS) is 19.2. The van der Waals surface area contributed by atoms with E-state index in [1.807, 2.05) is 53.5 Å². The van der Waals surface area contributed by atoms with E-state index in [4.69, 9.17) is 30.9 Å². The zero-order valence-electron chi connectivity index (χ0n) is 17.1. The van der Waals surface area contributed by atoms with Crippen molar-refractivity contribution in [3.8, 4) is 23.0 Å². The maximum absolute atomic E-state index is 10.4. The first kappa shape index (κ1) is 19.6. The topological polar surface area (TPSA) is 63.5 Å². The molecule has 0 spiro atoms. The van der Waals surface area contributed by atoms with E-state index in [-0.39, 0.29) is 11.8 Å². The Kier molecular flexibility index (Phi) is 4.87. The van der Waals surface area contributed by atoms with E-state index in [9.17, 15) is 5.11 Å². The van der Waals surface area contributed by atoms with Crippen LogP contribution in [0.15, 0.2) is 65.8 Å². The van der Waals surface area contributed by atoms with Gasteiger partial charge >= 0.3 is 0 Å². The van der Waals surface area contributed by atoms with Crippen molar-refractivity contribution < 1.29 is 19.3 Å². The van der Waals surface area contributed by atoms with Gasteiger partial charge in [0.05, 0.1) is 31.5 Å². The molecule has 0 aliphatic carbocycles. The Morgan fingerprint density at radius 3 is 2.65 bits per heavy atom. The summed E-state index contributed by atoms with van der Waals surface area (Å²) in [4.78, 5) is 0. The molecule has 2 aliphatic rings. The fourth-order valence-electron chi connectivity index (χ4n) is 4.25. The Balaban J connectivity index is 1.66. The molecule has 2 aliphatic heterocycles. The summed E-state index contributed by atoms with van der Waals surface area (Å²) in [5, 5.41) is 17.8. The third kappa shape index (κ3) is 3.24. The minimum Gasteiger partial charge on any atom is -0.507 e. The minimum absolute atomic E-state index is 0.0991. The van der Waals surface area contributed by atoms with Crippen LogP contribution in [0.5, 0.6) is 23.0 Å². The zero-order valence-corrected chi connectivity index (χ0v) is 17.8. The van der Waals surface area contributed by atoms with E-state index in [2.05, 4.69) is 0 Å². The number of nitrogens with zero attached hydrogens (tertiary/aromatic N) is 2. The van der Waals surface area contributed by atoms with Crippen molar-refractivity contribution >= 4 is 17.3 Å². The first-order valence-electron chi connectivity index (χ1n) is 9.92. The molecule has 5 rings (SSSR count). The maximum atomic E-state index is 10.4. The summed E-state index contributed by atoms with van der Waals surface area (Å²) >= 11 is 6.30. The fraction of sp³-hybridized carbons (Fsp3) is 0.208. The van der Waals surface area contributed by atoms with E-state index < -0.39 is 6.23 Å². The monoisotopic (exact) mass is 436 g/mol. The predicted octanol–water partition coefficient (Wildman–Crippen LogP) is 5.31. The van der Waals surface area contributed by atoms with Crippen molar-refractivity contribution in [2.45, 2.75) is 18.7 Å². The quantitative estimate of drug-likeness (QED) is 0.600. The number of benzene rings is 3. The standard InChI is InChI=1S/C24H21ClN2O4/c1-29-22-9-5-7-16(23(22)30-2)24-27-19(17-12-14(25)10-11-21(17)31-24)13-18(26-27)15-6-3-4-8-20(15)28/h3-12,19,24,28H,13H2,1-2H3/t19-,24+/m0/s1. The average molecular weight is 437 g/mol. The average Bonchev–Trinajstić information content (AvgIpc) is 3.24. The number of methoxy groups -OCH3 is 2. The molecular weight excluding hydrogens is 416 g/mol. The van der Waals surface area contributed by atoms with Crippen molar-refractivity contribution in [3.05, 3.63) is 82.4 Å². The molecule has 7 heteroatoms. The van der Waals surface area contributed by atoms with Gasteiger partial charge in [-0.15, -0.1) is 0 Å². The third-order valence-electron chi connectivity index (χ3n) is 5.67. The van der Waals surface area contributed by atoms with Crippen LogP contribution in [-0.4, -0.2) is 30.0 Å². The highest BCUT2D eigenvalue weighted by molar-refractivity contribution is 6.30. The van der Waals surface area contributed by atoms with E-state index in [0.717, 1.165) is 22.6 Å². The molecule has 6 nitrogen and oxygen atoms in total. The molecule has 0 fully saturated rings. The van der Waals surface area contributed by atoms with Gasteiger partial charge in [0.15, 0.2) is 11.5 Å². The number of halogens is 1. The van der Waals surface area contributed by atoms with Gasteiger partial charge in [0.25, 0.3) is 0 Å².